The number of aromatic nitrogens is 4. The zero-order valence-electron chi connectivity index (χ0n) is 43.4. The number of aryl methyl sites for hydroxylation is 1. The van der Waals surface area contributed by atoms with Crippen LogP contribution < -0.4 is 36.2 Å². The molecule has 4 atom stereocenters. The van der Waals surface area contributed by atoms with Gasteiger partial charge in [-0.15, -0.1) is 0 Å². The molecule has 0 spiro atoms. The fourth-order valence-corrected chi connectivity index (χ4v) is 12.5. The second-order valence-electron chi connectivity index (χ2n) is 21.8. The van der Waals surface area contributed by atoms with Gasteiger partial charge in [-0.3, -0.25) is 53.6 Å². The van der Waals surface area contributed by atoms with Crippen LogP contribution in [0.4, 0.5) is 34.4 Å². The molecule has 6 aliphatic rings. The zero-order chi connectivity index (χ0) is 53.5. The highest BCUT2D eigenvalue weighted by molar-refractivity contribution is 6.23. The lowest BCUT2D eigenvalue weighted by Crippen LogP contribution is -2.58. The summed E-state index contributed by atoms with van der Waals surface area (Å²) < 4.78 is 3.54. The zero-order valence-corrected chi connectivity index (χ0v) is 43.4. The third-order valence-corrected chi connectivity index (χ3v) is 16.2. The molecule has 0 saturated carbocycles. The molecular formula is C56H62N12O8. The van der Waals surface area contributed by atoms with Crippen molar-refractivity contribution in [3.8, 4) is 11.3 Å². The van der Waals surface area contributed by atoms with Crippen LogP contribution in [0.15, 0.2) is 78.4 Å². The first-order chi connectivity index (χ1) is 36.4. The van der Waals surface area contributed by atoms with Gasteiger partial charge in [0.05, 0.1) is 34.8 Å². The topological polar surface area (TPSA) is 228 Å². The van der Waals surface area contributed by atoms with Gasteiger partial charge < -0.3 is 34.7 Å². The maximum Gasteiger partial charge on any atom is 0.293 e. The molecule has 20 heteroatoms. The number of anilines is 6. The molecule has 20 nitrogen and oxygen atoms in total. The highest BCUT2D eigenvalue weighted by Gasteiger charge is 2.45. The second-order valence-corrected chi connectivity index (χ2v) is 21.8. The number of piperidine rings is 2. The fraction of sp³-hybridized carbons (Fsp3) is 0.411. The van der Waals surface area contributed by atoms with Gasteiger partial charge in [-0.2, -0.15) is 0 Å². The average Bonchev–Trinajstić information content (AvgIpc) is 4.04. The lowest BCUT2D eigenvalue weighted by molar-refractivity contribution is -0.136. The number of carbonyl (C=O) groups is 6. The van der Waals surface area contributed by atoms with E-state index in [9.17, 15) is 38.7 Å². The lowest BCUT2D eigenvalue weighted by atomic mass is 9.90. The fourth-order valence-electron chi connectivity index (χ4n) is 12.5. The molecule has 394 valence electrons. The molecule has 8 heterocycles. The number of pyridine rings is 1. The molecule has 5 aromatic rings. The van der Waals surface area contributed by atoms with E-state index in [1.165, 1.54) is 21.9 Å². The number of imide groups is 2. The Morgan fingerprint density at radius 2 is 1.68 bits per heavy atom. The summed E-state index contributed by atoms with van der Waals surface area (Å²) >= 11 is 0. The van der Waals surface area contributed by atoms with Crippen molar-refractivity contribution in [1.82, 2.24) is 34.2 Å². The monoisotopic (exact) mass is 1030 g/mol. The number of amides is 6. The molecule has 2 unspecified atom stereocenters. The number of fused-ring (bicyclic) bond motifs is 4. The maximum atomic E-state index is 14.1. The van der Waals surface area contributed by atoms with Crippen molar-refractivity contribution >= 4 is 69.8 Å². The van der Waals surface area contributed by atoms with Crippen LogP contribution >= 0.6 is 0 Å². The van der Waals surface area contributed by atoms with Gasteiger partial charge in [-0.1, -0.05) is 20.4 Å². The molecule has 11 rings (SSSR count). The Morgan fingerprint density at radius 1 is 0.882 bits per heavy atom. The number of piperazine rings is 1. The van der Waals surface area contributed by atoms with E-state index < -0.39 is 47.7 Å². The van der Waals surface area contributed by atoms with Gasteiger partial charge in [-0.25, -0.2) is 9.97 Å². The molecule has 1 aliphatic carbocycles. The summed E-state index contributed by atoms with van der Waals surface area (Å²) in [7, 11) is 1.62. The molecule has 0 radical (unpaired) electrons. The van der Waals surface area contributed by atoms with E-state index in [-0.39, 0.29) is 59.2 Å². The number of nitrogens with zero attached hydrogens (tertiary/aromatic N) is 9. The first kappa shape index (κ1) is 50.2. The molecule has 2 aromatic carbocycles. The van der Waals surface area contributed by atoms with Crippen LogP contribution in [-0.4, -0.2) is 126 Å². The summed E-state index contributed by atoms with van der Waals surface area (Å²) in [5.41, 5.74) is 7.25. The molecule has 4 N–H and O–H groups in total. The number of hydrogen-bond donors (Lipinski definition) is 4. The number of rotatable bonds is 11. The third-order valence-electron chi connectivity index (χ3n) is 16.2. The van der Waals surface area contributed by atoms with Crippen molar-refractivity contribution < 1.29 is 33.9 Å². The molecule has 5 aliphatic heterocycles. The van der Waals surface area contributed by atoms with E-state index in [0.717, 1.165) is 61.6 Å². The van der Waals surface area contributed by atoms with E-state index in [1.807, 2.05) is 24.3 Å². The Bertz CT molecular complexity index is 3360. The Morgan fingerprint density at radius 3 is 2.43 bits per heavy atom. The number of aliphatic hydroxyl groups is 1. The van der Waals surface area contributed by atoms with Gasteiger partial charge in [0.1, 0.15) is 17.6 Å². The highest BCUT2D eigenvalue weighted by Crippen LogP contribution is 2.41. The van der Waals surface area contributed by atoms with Gasteiger partial charge >= 0.3 is 0 Å². The van der Waals surface area contributed by atoms with Crippen LogP contribution in [0.1, 0.15) is 101 Å². The van der Waals surface area contributed by atoms with Crippen molar-refractivity contribution in [2.45, 2.75) is 104 Å². The van der Waals surface area contributed by atoms with Crippen molar-refractivity contribution in [1.29, 1.82) is 0 Å². The number of hydrogen-bond acceptors (Lipinski definition) is 14. The second kappa shape index (κ2) is 19.3. The molecule has 0 bridgehead atoms. The SMILES string of the molecule is C=CC(=O)Nc1cc(Nc2nc(-c3ccnc(N4CCn5c(cc6c5CC(C)(C)C6)C4=O)c3CO)cn(C)c2=O)ccc1N1CCN(C2CCN(c3ccc4c(c3)C(=O)N(C3CCC(=O)NC3=O)C4=O)[C@H](C)C2)C[C@@H]1C. The van der Waals surface area contributed by atoms with Crippen LogP contribution in [0, 0.1) is 5.41 Å². The molecule has 76 heavy (non-hydrogen) atoms. The quantitative estimate of drug-likeness (QED) is 0.103. The van der Waals surface area contributed by atoms with Crippen molar-refractivity contribution in [3.05, 3.63) is 118 Å². The normalized spacial score (nSPS) is 22.4. The summed E-state index contributed by atoms with van der Waals surface area (Å²) in [4.78, 5) is 111. The highest BCUT2D eigenvalue weighted by atomic mass is 16.3. The average molecular weight is 1030 g/mol. The van der Waals surface area contributed by atoms with Crippen molar-refractivity contribution in [3.63, 3.8) is 0 Å². The number of nitrogens with one attached hydrogen (secondary N) is 3. The van der Waals surface area contributed by atoms with E-state index in [1.54, 1.807) is 48.6 Å². The maximum absolute atomic E-state index is 14.1. The summed E-state index contributed by atoms with van der Waals surface area (Å²) in [5, 5.41) is 19.3. The molecular weight excluding hydrogens is 969 g/mol. The van der Waals surface area contributed by atoms with Crippen LogP contribution in [0.25, 0.3) is 11.3 Å². The Labute approximate surface area is 439 Å². The first-order valence-corrected chi connectivity index (χ1v) is 26.1. The van der Waals surface area contributed by atoms with E-state index in [2.05, 4.69) is 74.5 Å². The molecule has 3 saturated heterocycles. The summed E-state index contributed by atoms with van der Waals surface area (Å²) in [6, 6.07) is 14.0. The van der Waals surface area contributed by atoms with Crippen molar-refractivity contribution in [2.24, 2.45) is 12.5 Å². The Kier molecular flexibility index (Phi) is 12.8. The van der Waals surface area contributed by atoms with Gasteiger partial charge in [0.2, 0.25) is 17.7 Å². The summed E-state index contributed by atoms with van der Waals surface area (Å²) in [6.07, 6.45) is 8.09. The standard InChI is InChI=1S/C56H62N12O8/c1-7-47(70)59-41-24-34(58-49-55(76)62(6)29-42(60-49)37-14-16-57-50(40(37)30-69)67-21-20-66-45(54(67)75)23-33-26-56(4,5)27-46(33)66)8-11-43(41)65-19-18-63(28-32(65)3)35-15-17-64(31(2)22-35)36-9-10-38-39(25-36)53(74)68(52(38)73)44-12-13-48(71)61-51(44)72/h7-11,14,16,23-25,29,31-32,35,44,69H,1,12-13,15,17-22,26-28,30H2,2-6H3,(H,58,60)(H,59,70)(H,61,71,72)/t31-,32+,35?,44?/m1/s1. The minimum absolute atomic E-state index is 0.0127. The molecule has 6 amide bonds. The van der Waals surface area contributed by atoms with Crippen LogP contribution in [-0.2, 0) is 47.4 Å². The molecule has 3 fully saturated rings. The predicted octanol–water partition coefficient (Wildman–Crippen LogP) is 4.76. The van der Waals surface area contributed by atoms with Crippen LogP contribution in [0.3, 0.4) is 0 Å². The van der Waals surface area contributed by atoms with Gasteiger partial charge in [-0.05, 0) is 112 Å². The largest absolute Gasteiger partial charge is 0.392 e. The summed E-state index contributed by atoms with van der Waals surface area (Å²) in [6.45, 7) is 16.0. The van der Waals surface area contributed by atoms with E-state index >= 15 is 0 Å². The van der Waals surface area contributed by atoms with Crippen LogP contribution in [0.2, 0.25) is 0 Å². The summed E-state index contributed by atoms with van der Waals surface area (Å²) in [5.74, 6) is -2.33. The van der Waals surface area contributed by atoms with Crippen LogP contribution in [0.5, 0.6) is 0 Å². The number of aliphatic hydroxyl groups excluding tert-OH is 1. The van der Waals surface area contributed by atoms with Gasteiger partial charge in [0, 0.05) is 111 Å². The van der Waals surface area contributed by atoms with Gasteiger partial charge in [0.25, 0.3) is 23.3 Å². The smallest absolute Gasteiger partial charge is 0.293 e. The lowest BCUT2D eigenvalue weighted by Gasteiger charge is -2.48. The molecule has 3 aromatic heterocycles. The van der Waals surface area contributed by atoms with Gasteiger partial charge in [0.15, 0.2) is 5.82 Å². The van der Waals surface area contributed by atoms with E-state index in [4.69, 9.17) is 4.98 Å². The number of benzene rings is 2. The first-order valence-electron chi connectivity index (χ1n) is 26.1. The minimum atomic E-state index is -1.02. The minimum Gasteiger partial charge on any atom is -0.392 e. The van der Waals surface area contributed by atoms with Crippen molar-refractivity contribution in [2.75, 3.05) is 58.1 Å². The predicted molar refractivity (Wildman–Crippen MR) is 286 cm³/mol. The Hall–Kier alpha value is -7.97. The number of carbonyl (C=O) groups excluding carboxylic acids is 6. The third kappa shape index (κ3) is 8.81. The van der Waals surface area contributed by atoms with E-state index in [0.29, 0.717) is 59.3 Å². The Balaban J connectivity index is 0.774.